The summed E-state index contributed by atoms with van der Waals surface area (Å²) in [5, 5.41) is 1.82. The van der Waals surface area contributed by atoms with Crippen LogP contribution in [0.2, 0.25) is 0 Å². The number of nitrogens with zero attached hydrogens (tertiary/aromatic N) is 2. The van der Waals surface area contributed by atoms with Gasteiger partial charge in [0.25, 0.3) is 5.91 Å². The van der Waals surface area contributed by atoms with Gasteiger partial charge in [-0.05, 0) is 43.4 Å². The second-order valence-corrected chi connectivity index (χ2v) is 6.50. The average molecular weight is 285 g/mol. The molecule has 0 N–H and O–H groups in total. The Hall–Kier alpha value is -1.84. The molecule has 2 saturated carbocycles. The Balaban J connectivity index is 1.73. The van der Waals surface area contributed by atoms with Gasteiger partial charge in [-0.3, -0.25) is 4.79 Å². The highest BCUT2D eigenvalue weighted by Crippen LogP contribution is 2.52. The minimum atomic E-state index is 0.218. The molecule has 0 radical (unpaired) electrons. The first-order valence-electron chi connectivity index (χ1n) is 7.74. The molecule has 1 aromatic carbocycles. The van der Waals surface area contributed by atoms with E-state index in [-0.39, 0.29) is 5.92 Å². The van der Waals surface area contributed by atoms with Crippen LogP contribution >= 0.6 is 0 Å². The van der Waals surface area contributed by atoms with Crippen molar-refractivity contribution in [3.05, 3.63) is 29.8 Å². The Morgan fingerprint density at radius 1 is 1.33 bits per heavy atom. The lowest BCUT2D eigenvalue weighted by molar-refractivity contribution is -0.680. The normalized spacial score (nSPS) is 35.6. The second kappa shape index (κ2) is 4.58. The summed E-state index contributed by atoms with van der Waals surface area (Å²) in [7, 11) is 3.58. The third-order valence-electron chi connectivity index (χ3n) is 5.50. The van der Waals surface area contributed by atoms with Crippen LogP contribution < -0.4 is 4.74 Å². The fourth-order valence-corrected chi connectivity index (χ4v) is 4.57. The number of methoxy groups -OCH3 is 1. The van der Waals surface area contributed by atoms with Crippen molar-refractivity contribution in [3.63, 3.8) is 0 Å². The van der Waals surface area contributed by atoms with E-state index < -0.39 is 0 Å². The Morgan fingerprint density at radius 3 is 2.95 bits per heavy atom. The van der Waals surface area contributed by atoms with E-state index in [0.717, 1.165) is 11.3 Å². The lowest BCUT2D eigenvalue weighted by Gasteiger charge is -2.17. The molecule has 0 aromatic heterocycles. The molecular formula is C17H21N2O2+. The first-order chi connectivity index (χ1) is 10.2. The number of amides is 1. The van der Waals surface area contributed by atoms with E-state index in [0.29, 0.717) is 23.8 Å². The number of rotatable bonds is 2. The van der Waals surface area contributed by atoms with Crippen LogP contribution in [0, 0.1) is 17.8 Å². The molecule has 21 heavy (non-hydrogen) atoms. The Bertz CT molecular complexity index is 625. The molecule has 2 bridgehead atoms. The maximum Gasteiger partial charge on any atom is 0.287 e. The number of carbonyl (C=O) groups is 1. The summed E-state index contributed by atoms with van der Waals surface area (Å²) in [5.74, 6) is 2.65. The predicted molar refractivity (Wildman–Crippen MR) is 79.3 cm³/mol. The summed E-state index contributed by atoms with van der Waals surface area (Å²) in [6.07, 6.45) is 5.84. The molecule has 1 heterocycles. The van der Waals surface area contributed by atoms with Crippen LogP contribution in [0.4, 0.5) is 0 Å². The quantitative estimate of drug-likeness (QED) is 0.778. The monoisotopic (exact) mass is 285 g/mol. The fraction of sp³-hybridized carbons (Fsp3) is 0.529. The number of hydrazone groups is 1. The van der Waals surface area contributed by atoms with Crippen LogP contribution in [0.1, 0.15) is 24.8 Å². The maximum absolute atomic E-state index is 12.5. The van der Waals surface area contributed by atoms with Crippen molar-refractivity contribution in [3.8, 4) is 5.75 Å². The summed E-state index contributed by atoms with van der Waals surface area (Å²) in [4.78, 5) is 12.5. The van der Waals surface area contributed by atoms with Gasteiger partial charge in [0, 0.05) is 11.5 Å². The SMILES string of the molecule is COc1cccc(/C=[N+]2/[C@@H]3[C@H]4CC[C@H](C4)[C@@H]3C(=O)N2C)c1. The van der Waals surface area contributed by atoms with E-state index in [1.165, 1.54) is 19.3 Å². The third-order valence-corrected chi connectivity index (χ3v) is 5.50. The summed E-state index contributed by atoms with van der Waals surface area (Å²) in [5.41, 5.74) is 1.08. The van der Waals surface area contributed by atoms with Crippen molar-refractivity contribution >= 4 is 12.1 Å². The van der Waals surface area contributed by atoms with Crippen molar-refractivity contribution in [2.75, 3.05) is 14.2 Å². The highest BCUT2D eigenvalue weighted by Gasteiger charge is 2.63. The molecule has 1 amide bonds. The van der Waals surface area contributed by atoms with Crippen LogP contribution in [-0.2, 0) is 4.79 Å². The van der Waals surface area contributed by atoms with Crippen molar-refractivity contribution in [1.29, 1.82) is 0 Å². The molecule has 4 heteroatoms. The van der Waals surface area contributed by atoms with E-state index in [2.05, 4.69) is 17.0 Å². The molecule has 3 aliphatic rings. The molecule has 3 fully saturated rings. The highest BCUT2D eigenvalue weighted by molar-refractivity contribution is 5.83. The number of hydrogen-bond donors (Lipinski definition) is 0. The average Bonchev–Trinajstić information content (AvgIpc) is 3.17. The van der Waals surface area contributed by atoms with Crippen molar-refractivity contribution in [2.24, 2.45) is 17.8 Å². The van der Waals surface area contributed by atoms with E-state index in [1.54, 1.807) is 7.11 Å². The Labute approximate surface area is 125 Å². The van der Waals surface area contributed by atoms with Gasteiger partial charge in [0.05, 0.1) is 14.2 Å². The maximum atomic E-state index is 12.5. The number of hydrogen-bond acceptors (Lipinski definition) is 2. The van der Waals surface area contributed by atoms with Crippen LogP contribution in [0.3, 0.4) is 0 Å². The zero-order chi connectivity index (χ0) is 14.6. The highest BCUT2D eigenvalue weighted by atomic mass is 16.5. The van der Waals surface area contributed by atoms with Gasteiger partial charge in [0.1, 0.15) is 11.7 Å². The van der Waals surface area contributed by atoms with Crippen LogP contribution in [0.5, 0.6) is 5.75 Å². The largest absolute Gasteiger partial charge is 0.497 e. The van der Waals surface area contributed by atoms with Gasteiger partial charge in [-0.25, -0.2) is 0 Å². The van der Waals surface area contributed by atoms with Gasteiger partial charge in [-0.15, -0.1) is 9.69 Å². The summed E-state index contributed by atoms with van der Waals surface area (Å²) in [6.45, 7) is 0. The Morgan fingerprint density at radius 2 is 2.14 bits per heavy atom. The zero-order valence-electron chi connectivity index (χ0n) is 12.5. The van der Waals surface area contributed by atoms with Crippen molar-refractivity contribution in [1.82, 2.24) is 5.01 Å². The van der Waals surface area contributed by atoms with Crippen molar-refractivity contribution in [2.45, 2.75) is 25.3 Å². The number of ether oxygens (including phenoxy) is 1. The minimum absolute atomic E-state index is 0.218. The third kappa shape index (κ3) is 1.81. The molecule has 1 aliphatic heterocycles. The molecule has 1 saturated heterocycles. The number of benzene rings is 1. The molecule has 4 atom stereocenters. The first-order valence-corrected chi connectivity index (χ1v) is 7.74. The summed E-state index contributed by atoms with van der Waals surface area (Å²) < 4.78 is 7.46. The van der Waals surface area contributed by atoms with E-state index >= 15 is 0 Å². The summed E-state index contributed by atoms with van der Waals surface area (Å²) in [6, 6.07) is 8.37. The lowest BCUT2D eigenvalue weighted by atomic mass is 9.85. The molecule has 1 aromatic rings. The van der Waals surface area contributed by atoms with Gasteiger partial charge in [-0.1, -0.05) is 6.07 Å². The van der Waals surface area contributed by atoms with Crippen LogP contribution in [-0.4, -0.2) is 42.0 Å². The topological polar surface area (TPSA) is 32.6 Å². The predicted octanol–water partition coefficient (Wildman–Crippen LogP) is 1.93. The number of hydrazine groups is 1. The molecular weight excluding hydrogens is 264 g/mol. The van der Waals surface area contributed by atoms with Gasteiger partial charge >= 0.3 is 0 Å². The standard InChI is InChI=1S/C17H21N2O2/c1-18-17(20)15-12-6-7-13(9-12)16(15)19(18)10-11-4-3-5-14(8-11)21-2/h3-5,8,10,12-13,15-16H,6-7,9H2,1-2H3/q+1/b19-10-/t12-,13+,15+,16-/m1/s1. The molecule has 4 nitrogen and oxygen atoms in total. The smallest absolute Gasteiger partial charge is 0.287 e. The van der Waals surface area contributed by atoms with Gasteiger partial charge in [0.2, 0.25) is 6.21 Å². The van der Waals surface area contributed by atoms with Crippen LogP contribution in [0.25, 0.3) is 0 Å². The summed E-state index contributed by atoms with van der Waals surface area (Å²) >= 11 is 0. The minimum Gasteiger partial charge on any atom is -0.497 e. The zero-order valence-corrected chi connectivity index (χ0v) is 12.5. The number of fused-ring (bicyclic) bond motifs is 5. The molecule has 2 aliphatic carbocycles. The Kier molecular flexibility index (Phi) is 2.81. The second-order valence-electron chi connectivity index (χ2n) is 6.50. The van der Waals surface area contributed by atoms with E-state index in [4.69, 9.17) is 4.74 Å². The lowest BCUT2D eigenvalue weighted by Crippen LogP contribution is -2.35. The van der Waals surface area contributed by atoms with Gasteiger partial charge in [0.15, 0.2) is 6.04 Å². The molecule has 110 valence electrons. The van der Waals surface area contributed by atoms with Crippen LogP contribution in [0.15, 0.2) is 24.3 Å². The van der Waals surface area contributed by atoms with E-state index in [1.807, 2.05) is 30.3 Å². The first kappa shape index (κ1) is 12.9. The fourth-order valence-electron chi connectivity index (χ4n) is 4.57. The van der Waals surface area contributed by atoms with Gasteiger partial charge in [-0.2, -0.15) is 0 Å². The molecule has 0 unspecified atom stereocenters. The van der Waals surface area contributed by atoms with Crippen molar-refractivity contribution < 1.29 is 14.2 Å². The molecule has 4 rings (SSSR count). The van der Waals surface area contributed by atoms with Gasteiger partial charge < -0.3 is 4.74 Å². The molecule has 0 spiro atoms. The van der Waals surface area contributed by atoms with E-state index in [9.17, 15) is 4.79 Å². The number of carbonyl (C=O) groups excluding carboxylic acids is 1.